The van der Waals surface area contributed by atoms with E-state index in [1.165, 1.54) is 7.11 Å². The van der Waals surface area contributed by atoms with E-state index in [1.807, 2.05) is 91.0 Å². The minimum atomic E-state index is -1.70. The second kappa shape index (κ2) is 11.4. The Balaban J connectivity index is 1.49. The van der Waals surface area contributed by atoms with Crippen molar-refractivity contribution in [3.8, 4) is 23.0 Å². The Morgan fingerprint density at radius 2 is 1.69 bits per heavy atom. The summed E-state index contributed by atoms with van der Waals surface area (Å²) >= 11 is 1.57. The summed E-state index contributed by atoms with van der Waals surface area (Å²) in [6.07, 6.45) is 0.150. The normalized spacial score (nSPS) is 13.2. The second-order valence-corrected chi connectivity index (χ2v) is 9.93. The molecule has 0 aliphatic carbocycles. The number of thioether (sulfide) groups is 1. The Bertz CT molecular complexity index is 1580. The van der Waals surface area contributed by atoms with Crippen LogP contribution in [0.2, 0.25) is 0 Å². The summed E-state index contributed by atoms with van der Waals surface area (Å²) in [6, 6.07) is 27.1. The number of ether oxygens (including phenoxy) is 1. The molecule has 0 saturated carbocycles. The standard InChI is InChI=1S/C30H24N4O4S/c1-38-30(37)24(16-19-10-4-2-5-11-19)32-29(36)22(17-31)28(35)26-23-18-39-25-15-9-8-14-21(25)27(23)34(33-26)20-12-6-3-7-13-20/h2-15,22,24H,16,18H2,1H3,(H,32,36). The molecule has 1 aliphatic heterocycles. The van der Waals surface area contributed by atoms with E-state index < -0.39 is 29.6 Å². The first-order valence-corrected chi connectivity index (χ1v) is 13.3. The van der Waals surface area contributed by atoms with E-state index in [0.29, 0.717) is 11.3 Å². The number of carbonyl (C=O) groups is 3. The van der Waals surface area contributed by atoms with Crippen LogP contribution in [0.25, 0.3) is 16.9 Å². The molecule has 0 spiro atoms. The zero-order valence-corrected chi connectivity index (χ0v) is 21.9. The van der Waals surface area contributed by atoms with Gasteiger partial charge >= 0.3 is 5.97 Å². The molecule has 0 saturated heterocycles. The van der Waals surface area contributed by atoms with Crippen LogP contribution in [0.4, 0.5) is 0 Å². The fraction of sp³-hybridized carbons (Fsp3) is 0.167. The molecule has 3 aromatic carbocycles. The molecule has 5 rings (SSSR count). The molecule has 2 unspecified atom stereocenters. The van der Waals surface area contributed by atoms with E-state index in [2.05, 4.69) is 10.4 Å². The van der Waals surface area contributed by atoms with Gasteiger partial charge in [-0.15, -0.1) is 11.8 Å². The van der Waals surface area contributed by atoms with Crippen LogP contribution in [0, 0.1) is 17.2 Å². The summed E-state index contributed by atoms with van der Waals surface area (Å²) in [5.41, 5.74) is 3.95. The number of esters is 1. The molecule has 0 bridgehead atoms. The fourth-order valence-electron chi connectivity index (χ4n) is 4.57. The van der Waals surface area contributed by atoms with Crippen LogP contribution in [0.3, 0.4) is 0 Å². The number of hydrogen-bond acceptors (Lipinski definition) is 7. The van der Waals surface area contributed by atoms with Crippen molar-refractivity contribution in [3.63, 3.8) is 0 Å². The van der Waals surface area contributed by atoms with Crippen molar-refractivity contribution >= 4 is 29.4 Å². The van der Waals surface area contributed by atoms with Gasteiger partial charge in [0, 0.05) is 28.2 Å². The van der Waals surface area contributed by atoms with Crippen LogP contribution in [-0.4, -0.2) is 40.6 Å². The topological polar surface area (TPSA) is 114 Å². The molecule has 194 valence electrons. The first-order valence-electron chi connectivity index (χ1n) is 12.3. The Morgan fingerprint density at radius 1 is 1.03 bits per heavy atom. The van der Waals surface area contributed by atoms with Gasteiger partial charge in [-0.25, -0.2) is 9.48 Å². The number of hydrogen-bond donors (Lipinski definition) is 1. The maximum Gasteiger partial charge on any atom is 0.328 e. The summed E-state index contributed by atoms with van der Waals surface area (Å²) in [4.78, 5) is 40.5. The van der Waals surface area contributed by atoms with E-state index in [4.69, 9.17) is 4.74 Å². The molecule has 1 aliphatic rings. The van der Waals surface area contributed by atoms with Crippen molar-refractivity contribution in [2.75, 3.05) is 7.11 Å². The summed E-state index contributed by atoms with van der Waals surface area (Å²) in [5.74, 6) is -3.50. The van der Waals surface area contributed by atoms with Crippen molar-refractivity contribution in [1.82, 2.24) is 15.1 Å². The van der Waals surface area contributed by atoms with Crippen LogP contribution < -0.4 is 5.32 Å². The van der Waals surface area contributed by atoms with Gasteiger partial charge in [0.05, 0.1) is 24.6 Å². The molecule has 2 atom stereocenters. The number of nitriles is 1. The van der Waals surface area contributed by atoms with Gasteiger partial charge in [-0.05, 0) is 23.8 Å². The smallest absolute Gasteiger partial charge is 0.328 e. The van der Waals surface area contributed by atoms with E-state index >= 15 is 0 Å². The monoisotopic (exact) mass is 536 g/mol. The Labute approximate surface area is 229 Å². The van der Waals surface area contributed by atoms with Gasteiger partial charge in [0.1, 0.15) is 11.7 Å². The number of ketones is 1. The number of nitrogens with zero attached hydrogens (tertiary/aromatic N) is 3. The summed E-state index contributed by atoms with van der Waals surface area (Å²) < 4.78 is 6.56. The van der Waals surface area contributed by atoms with Crippen molar-refractivity contribution in [2.45, 2.75) is 23.1 Å². The number of benzene rings is 3. The number of Topliss-reactive ketones (excluding diaryl/α,β-unsaturated/α-hetero) is 1. The number of nitrogens with one attached hydrogen (secondary N) is 1. The molecule has 0 radical (unpaired) electrons. The van der Waals surface area contributed by atoms with Crippen LogP contribution in [0.15, 0.2) is 89.8 Å². The average molecular weight is 537 g/mol. The Morgan fingerprint density at radius 3 is 2.38 bits per heavy atom. The highest BCUT2D eigenvalue weighted by molar-refractivity contribution is 7.98. The molecule has 8 nitrogen and oxygen atoms in total. The van der Waals surface area contributed by atoms with Gasteiger partial charge in [-0.2, -0.15) is 10.4 Å². The minimum Gasteiger partial charge on any atom is -0.467 e. The van der Waals surface area contributed by atoms with Gasteiger partial charge < -0.3 is 10.1 Å². The first kappa shape index (κ1) is 25.9. The fourth-order valence-corrected chi connectivity index (χ4v) is 5.64. The molecule has 1 N–H and O–H groups in total. The predicted molar refractivity (Wildman–Crippen MR) is 146 cm³/mol. The Hall–Kier alpha value is -4.68. The van der Waals surface area contributed by atoms with E-state index in [9.17, 15) is 19.6 Å². The highest BCUT2D eigenvalue weighted by atomic mass is 32.2. The molecule has 0 fully saturated rings. The minimum absolute atomic E-state index is 0.0650. The van der Waals surface area contributed by atoms with Gasteiger partial charge in [-0.1, -0.05) is 66.7 Å². The second-order valence-electron chi connectivity index (χ2n) is 8.91. The number of methoxy groups -OCH3 is 1. The van der Waals surface area contributed by atoms with Crippen LogP contribution in [0.1, 0.15) is 21.6 Å². The molecule has 2 heterocycles. The molecular weight excluding hydrogens is 512 g/mol. The quantitative estimate of drug-likeness (QED) is 0.202. The van der Waals surface area contributed by atoms with E-state index in [-0.39, 0.29) is 12.1 Å². The molecule has 1 aromatic heterocycles. The van der Waals surface area contributed by atoms with Crippen molar-refractivity contribution in [2.24, 2.45) is 5.92 Å². The zero-order valence-electron chi connectivity index (χ0n) is 21.0. The van der Waals surface area contributed by atoms with Crippen molar-refractivity contribution in [3.05, 3.63) is 102 Å². The first-order chi connectivity index (χ1) is 19.0. The Kier molecular flexibility index (Phi) is 7.57. The molecule has 4 aromatic rings. The summed E-state index contributed by atoms with van der Waals surface area (Å²) in [5, 5.41) is 17.1. The number of para-hydroxylation sites is 1. The van der Waals surface area contributed by atoms with Crippen molar-refractivity contribution < 1.29 is 19.1 Å². The van der Waals surface area contributed by atoms with Crippen LogP contribution >= 0.6 is 11.8 Å². The predicted octanol–water partition coefficient (Wildman–Crippen LogP) is 4.37. The van der Waals surface area contributed by atoms with Crippen molar-refractivity contribution in [1.29, 1.82) is 5.26 Å². The van der Waals surface area contributed by atoms with Gasteiger partial charge in [0.15, 0.2) is 5.92 Å². The third-order valence-electron chi connectivity index (χ3n) is 6.47. The zero-order chi connectivity index (χ0) is 27.4. The number of carbonyl (C=O) groups excluding carboxylic acids is 3. The van der Waals surface area contributed by atoms with Gasteiger partial charge in [0.2, 0.25) is 11.7 Å². The SMILES string of the molecule is COC(=O)C(Cc1ccccc1)NC(=O)C(C#N)C(=O)c1nn(-c2ccccc2)c2c1CSc1ccccc1-2. The molecular formula is C30H24N4O4S. The maximum absolute atomic E-state index is 13.7. The lowest BCUT2D eigenvalue weighted by Gasteiger charge is -2.19. The maximum atomic E-state index is 13.7. The highest BCUT2D eigenvalue weighted by Gasteiger charge is 2.37. The lowest BCUT2D eigenvalue weighted by molar-refractivity contribution is -0.145. The average Bonchev–Trinajstić information content (AvgIpc) is 3.38. The van der Waals surface area contributed by atoms with E-state index in [1.54, 1.807) is 16.4 Å². The summed E-state index contributed by atoms with van der Waals surface area (Å²) in [7, 11) is 1.22. The highest BCUT2D eigenvalue weighted by Crippen LogP contribution is 2.43. The largest absolute Gasteiger partial charge is 0.467 e. The molecule has 1 amide bonds. The number of aromatic nitrogens is 2. The molecule has 9 heteroatoms. The third-order valence-corrected chi connectivity index (χ3v) is 7.57. The number of fused-ring (bicyclic) bond motifs is 3. The van der Waals surface area contributed by atoms with E-state index in [0.717, 1.165) is 27.4 Å². The molecule has 39 heavy (non-hydrogen) atoms. The number of amides is 1. The number of rotatable bonds is 8. The lowest BCUT2D eigenvalue weighted by atomic mass is 9.96. The lowest BCUT2D eigenvalue weighted by Crippen LogP contribution is -2.47. The summed E-state index contributed by atoms with van der Waals surface area (Å²) in [6.45, 7) is 0. The van der Waals surface area contributed by atoms with Crippen LogP contribution in [-0.2, 0) is 26.5 Å². The van der Waals surface area contributed by atoms with Crippen LogP contribution in [0.5, 0.6) is 0 Å². The van der Waals surface area contributed by atoms with Gasteiger partial charge in [-0.3, -0.25) is 9.59 Å². The third kappa shape index (κ3) is 5.19. The van der Waals surface area contributed by atoms with Gasteiger partial charge in [0.25, 0.3) is 0 Å².